The van der Waals surface area contributed by atoms with Crippen LogP contribution in [0.15, 0.2) is 18.2 Å². The molecule has 0 aliphatic heterocycles. The van der Waals surface area contributed by atoms with Gasteiger partial charge in [-0.2, -0.15) is 13.2 Å². The molecule has 0 fully saturated rings. The van der Waals surface area contributed by atoms with E-state index in [1.807, 2.05) is 26.0 Å². The molecule has 4 heteroatoms. The molecule has 84 valence electrons. The number of rotatable bonds is 2. The lowest BCUT2D eigenvalue weighted by atomic mass is 10.0. The summed E-state index contributed by atoms with van der Waals surface area (Å²) in [5.74, 6) is 0. The van der Waals surface area contributed by atoms with Crippen LogP contribution in [0.3, 0.4) is 0 Å². The predicted molar refractivity (Wildman–Crippen MR) is 58.3 cm³/mol. The lowest BCUT2D eigenvalue weighted by Crippen LogP contribution is -2.11. The van der Waals surface area contributed by atoms with Gasteiger partial charge in [-0.15, -0.1) is 0 Å². The van der Waals surface area contributed by atoms with Gasteiger partial charge in [-0.1, -0.05) is 39.7 Å². The summed E-state index contributed by atoms with van der Waals surface area (Å²) >= 11 is 3.08. The molecule has 0 bridgehead atoms. The molecule has 0 saturated carbocycles. The van der Waals surface area contributed by atoms with Crippen LogP contribution in [-0.4, -0.2) is 6.18 Å². The Morgan fingerprint density at radius 3 is 2.33 bits per heavy atom. The van der Waals surface area contributed by atoms with E-state index in [1.54, 1.807) is 6.07 Å². The Morgan fingerprint density at radius 1 is 1.27 bits per heavy atom. The Kier molecular flexibility index (Phi) is 3.82. The first-order valence-corrected chi connectivity index (χ1v) is 5.49. The highest BCUT2D eigenvalue weighted by molar-refractivity contribution is 9.09. The number of halogens is 4. The van der Waals surface area contributed by atoms with Crippen LogP contribution in [-0.2, 0) is 0 Å². The SMILES string of the molecule is Cc1ccc(C(Br)CC(F)(F)F)c(C)c1. The standard InChI is InChI=1S/C11H12BrF3/c1-7-3-4-9(8(2)5-7)10(12)6-11(13,14)15/h3-5,10H,6H2,1-2H3. The van der Waals surface area contributed by atoms with Gasteiger partial charge in [0.2, 0.25) is 0 Å². The number of aryl methyl sites for hydroxylation is 2. The first-order chi connectivity index (χ1) is 6.79. The van der Waals surface area contributed by atoms with Crippen molar-refractivity contribution in [3.05, 3.63) is 34.9 Å². The molecular formula is C11H12BrF3. The number of hydrogen-bond donors (Lipinski definition) is 0. The second-order valence-electron chi connectivity index (χ2n) is 3.65. The zero-order valence-corrected chi connectivity index (χ0v) is 10.1. The van der Waals surface area contributed by atoms with Crippen LogP contribution in [0, 0.1) is 13.8 Å². The molecular weight excluding hydrogens is 269 g/mol. The molecule has 0 N–H and O–H groups in total. The van der Waals surface area contributed by atoms with Gasteiger partial charge in [0.25, 0.3) is 0 Å². The van der Waals surface area contributed by atoms with Gasteiger partial charge in [0.1, 0.15) is 0 Å². The monoisotopic (exact) mass is 280 g/mol. The molecule has 0 radical (unpaired) electrons. The van der Waals surface area contributed by atoms with Gasteiger partial charge in [0.15, 0.2) is 0 Å². The van der Waals surface area contributed by atoms with Gasteiger partial charge in [-0.25, -0.2) is 0 Å². The van der Waals surface area contributed by atoms with Crippen LogP contribution >= 0.6 is 15.9 Å². The average molecular weight is 281 g/mol. The van der Waals surface area contributed by atoms with Gasteiger partial charge >= 0.3 is 6.18 Å². The second-order valence-corrected chi connectivity index (χ2v) is 4.75. The topological polar surface area (TPSA) is 0 Å². The van der Waals surface area contributed by atoms with E-state index in [1.165, 1.54) is 0 Å². The molecule has 0 spiro atoms. The summed E-state index contributed by atoms with van der Waals surface area (Å²) in [6, 6.07) is 5.46. The lowest BCUT2D eigenvalue weighted by molar-refractivity contribution is -0.134. The second kappa shape index (κ2) is 4.56. The first kappa shape index (κ1) is 12.6. The van der Waals surface area contributed by atoms with Crippen molar-refractivity contribution in [3.63, 3.8) is 0 Å². The van der Waals surface area contributed by atoms with Gasteiger partial charge in [-0.05, 0) is 25.0 Å². The Bertz CT molecular complexity index is 344. The fourth-order valence-electron chi connectivity index (χ4n) is 1.49. The van der Waals surface area contributed by atoms with E-state index in [9.17, 15) is 13.2 Å². The van der Waals surface area contributed by atoms with E-state index in [0.29, 0.717) is 5.56 Å². The van der Waals surface area contributed by atoms with Crippen LogP contribution in [0.1, 0.15) is 27.9 Å². The van der Waals surface area contributed by atoms with Gasteiger partial charge in [0, 0.05) is 4.83 Å². The van der Waals surface area contributed by atoms with Gasteiger partial charge < -0.3 is 0 Å². The highest BCUT2D eigenvalue weighted by Gasteiger charge is 2.31. The number of benzene rings is 1. The van der Waals surface area contributed by atoms with Crippen LogP contribution in [0.25, 0.3) is 0 Å². The van der Waals surface area contributed by atoms with E-state index < -0.39 is 17.4 Å². The molecule has 1 aromatic carbocycles. The van der Waals surface area contributed by atoms with Crippen molar-refractivity contribution in [2.24, 2.45) is 0 Å². The zero-order chi connectivity index (χ0) is 11.6. The summed E-state index contributed by atoms with van der Waals surface area (Å²) in [6.45, 7) is 3.75. The van der Waals surface area contributed by atoms with Crippen molar-refractivity contribution in [1.29, 1.82) is 0 Å². The quantitative estimate of drug-likeness (QED) is 0.690. The van der Waals surface area contributed by atoms with Crippen molar-refractivity contribution < 1.29 is 13.2 Å². The summed E-state index contributed by atoms with van der Waals surface area (Å²) in [7, 11) is 0. The molecule has 0 aliphatic rings. The number of hydrogen-bond acceptors (Lipinski definition) is 0. The third-order valence-electron chi connectivity index (χ3n) is 2.17. The minimum absolute atomic E-state index is 0.655. The molecule has 1 rings (SSSR count). The maximum absolute atomic E-state index is 12.2. The largest absolute Gasteiger partial charge is 0.390 e. The summed E-state index contributed by atoms with van der Waals surface area (Å²) in [6.07, 6.45) is -4.97. The van der Waals surface area contributed by atoms with Crippen LogP contribution < -0.4 is 0 Å². The smallest absolute Gasteiger partial charge is 0.171 e. The molecule has 0 aromatic heterocycles. The molecule has 1 unspecified atom stereocenters. The summed E-state index contributed by atoms with van der Waals surface area (Å²) in [5, 5.41) is 0. The minimum atomic E-state index is -4.13. The summed E-state index contributed by atoms with van der Waals surface area (Å²) in [4.78, 5) is -0.655. The van der Waals surface area contributed by atoms with E-state index in [-0.39, 0.29) is 0 Å². The Hall–Kier alpha value is -0.510. The van der Waals surface area contributed by atoms with Crippen LogP contribution in [0.2, 0.25) is 0 Å². The minimum Gasteiger partial charge on any atom is -0.171 e. The van der Waals surface area contributed by atoms with Crippen molar-refractivity contribution in [1.82, 2.24) is 0 Å². The fourth-order valence-corrected chi connectivity index (χ4v) is 2.37. The molecule has 0 amide bonds. The molecule has 1 aromatic rings. The van der Waals surface area contributed by atoms with E-state index in [2.05, 4.69) is 15.9 Å². The zero-order valence-electron chi connectivity index (χ0n) is 8.53. The van der Waals surface area contributed by atoms with E-state index in [0.717, 1.165) is 11.1 Å². The average Bonchev–Trinajstić information content (AvgIpc) is 1.99. The highest BCUT2D eigenvalue weighted by Crippen LogP contribution is 2.36. The number of alkyl halides is 4. The first-order valence-electron chi connectivity index (χ1n) is 4.57. The molecule has 15 heavy (non-hydrogen) atoms. The Morgan fingerprint density at radius 2 is 1.87 bits per heavy atom. The van der Waals surface area contributed by atoms with Gasteiger partial charge in [0.05, 0.1) is 6.42 Å². The van der Waals surface area contributed by atoms with Crippen molar-refractivity contribution in [2.45, 2.75) is 31.3 Å². The molecule has 1 atom stereocenters. The molecule has 0 saturated heterocycles. The summed E-state index contributed by atoms with van der Waals surface area (Å²) in [5.41, 5.74) is 2.65. The van der Waals surface area contributed by atoms with Crippen molar-refractivity contribution in [2.75, 3.05) is 0 Å². The molecule has 0 heterocycles. The van der Waals surface area contributed by atoms with E-state index in [4.69, 9.17) is 0 Å². The third-order valence-corrected chi connectivity index (χ3v) is 2.99. The predicted octanol–water partition coefficient (Wildman–Crippen LogP) is 4.69. The maximum atomic E-state index is 12.2. The highest BCUT2D eigenvalue weighted by atomic mass is 79.9. The lowest BCUT2D eigenvalue weighted by Gasteiger charge is -2.15. The third kappa shape index (κ3) is 3.86. The fraction of sp³-hybridized carbons (Fsp3) is 0.455. The maximum Gasteiger partial charge on any atom is 0.390 e. The van der Waals surface area contributed by atoms with Crippen LogP contribution in [0.4, 0.5) is 13.2 Å². The van der Waals surface area contributed by atoms with Crippen molar-refractivity contribution in [3.8, 4) is 0 Å². The normalized spacial score (nSPS) is 14.0. The Labute approximate surface area is 95.6 Å². The van der Waals surface area contributed by atoms with Gasteiger partial charge in [-0.3, -0.25) is 0 Å². The summed E-state index contributed by atoms with van der Waals surface area (Å²) < 4.78 is 36.5. The molecule has 0 nitrogen and oxygen atoms in total. The molecule has 0 aliphatic carbocycles. The van der Waals surface area contributed by atoms with E-state index >= 15 is 0 Å². The van der Waals surface area contributed by atoms with Crippen LogP contribution in [0.5, 0.6) is 0 Å². The Balaban J connectivity index is 2.87. The van der Waals surface area contributed by atoms with Crippen molar-refractivity contribution >= 4 is 15.9 Å².